The predicted octanol–water partition coefficient (Wildman–Crippen LogP) is 4.38. The average molecular weight is 441 g/mol. The van der Waals surface area contributed by atoms with Crippen molar-refractivity contribution >= 4 is 44.7 Å². The topological polar surface area (TPSA) is 86.1 Å². The summed E-state index contributed by atoms with van der Waals surface area (Å²) in [5.74, 6) is 0.0176. The molecule has 0 aliphatic carbocycles. The number of carbonyl (C=O) groups excluding carboxylic acids is 1. The van der Waals surface area contributed by atoms with Crippen LogP contribution in [0.5, 0.6) is 5.75 Å². The second-order valence-corrected chi connectivity index (χ2v) is 8.01. The first kappa shape index (κ1) is 20.1. The summed E-state index contributed by atoms with van der Waals surface area (Å²) in [5, 5.41) is 11.7. The number of nitrogens with zero attached hydrogens (tertiary/aromatic N) is 3. The van der Waals surface area contributed by atoms with Crippen molar-refractivity contribution < 1.29 is 9.53 Å². The maximum atomic E-state index is 13.0. The summed E-state index contributed by atoms with van der Waals surface area (Å²) in [6.45, 7) is 1.58. The molecule has 7 nitrogen and oxygen atoms in total. The Bertz CT molecular complexity index is 1290. The number of fused-ring (bicyclic) bond motifs is 1. The molecule has 0 aliphatic rings. The lowest BCUT2D eigenvalue weighted by atomic mass is 10.2. The standard InChI is InChI=1S/C21H17ClN4O3S/c1-12(19(27)23-16-10-14(22)8-9-17(16)29-2)26-21(28)15-11-18(30-20(15)24-25-26)13-6-4-3-5-7-13/h3-12H,1-2H3,(H,23,27)/t12-/m0/s1. The van der Waals surface area contributed by atoms with Crippen LogP contribution in [0.3, 0.4) is 0 Å². The summed E-state index contributed by atoms with van der Waals surface area (Å²) < 4.78 is 6.32. The third-order valence-corrected chi connectivity index (χ3v) is 5.91. The molecule has 0 bridgehead atoms. The number of hydrogen-bond donors (Lipinski definition) is 1. The molecule has 2 aromatic heterocycles. The van der Waals surface area contributed by atoms with Gasteiger partial charge in [0.2, 0.25) is 5.91 Å². The van der Waals surface area contributed by atoms with E-state index >= 15 is 0 Å². The van der Waals surface area contributed by atoms with Crippen LogP contribution >= 0.6 is 22.9 Å². The average Bonchev–Trinajstić information content (AvgIpc) is 3.20. The lowest BCUT2D eigenvalue weighted by Crippen LogP contribution is -2.34. The highest BCUT2D eigenvalue weighted by molar-refractivity contribution is 7.21. The summed E-state index contributed by atoms with van der Waals surface area (Å²) in [4.78, 5) is 27.2. The van der Waals surface area contributed by atoms with Crippen molar-refractivity contribution in [2.45, 2.75) is 13.0 Å². The summed E-state index contributed by atoms with van der Waals surface area (Å²) in [6.07, 6.45) is 0. The van der Waals surface area contributed by atoms with Crippen molar-refractivity contribution in [3.63, 3.8) is 0 Å². The Balaban J connectivity index is 1.66. The number of ether oxygens (including phenoxy) is 1. The van der Waals surface area contributed by atoms with Crippen LogP contribution in [0.2, 0.25) is 5.02 Å². The van der Waals surface area contributed by atoms with Gasteiger partial charge in [-0.05, 0) is 36.8 Å². The maximum absolute atomic E-state index is 13.0. The van der Waals surface area contributed by atoms with E-state index in [-0.39, 0.29) is 5.56 Å². The van der Waals surface area contributed by atoms with Gasteiger partial charge in [0.25, 0.3) is 5.56 Å². The zero-order valence-electron chi connectivity index (χ0n) is 16.1. The highest BCUT2D eigenvalue weighted by Gasteiger charge is 2.21. The van der Waals surface area contributed by atoms with Gasteiger partial charge < -0.3 is 10.1 Å². The van der Waals surface area contributed by atoms with Gasteiger partial charge in [0, 0.05) is 9.90 Å². The van der Waals surface area contributed by atoms with Crippen molar-refractivity contribution in [1.29, 1.82) is 0 Å². The van der Waals surface area contributed by atoms with E-state index in [1.807, 2.05) is 30.3 Å². The van der Waals surface area contributed by atoms with Crippen LogP contribution in [0, 0.1) is 0 Å². The van der Waals surface area contributed by atoms with Crippen LogP contribution in [0.25, 0.3) is 20.7 Å². The third-order valence-electron chi connectivity index (χ3n) is 4.61. The van der Waals surface area contributed by atoms with E-state index in [1.165, 1.54) is 18.4 Å². The highest BCUT2D eigenvalue weighted by atomic mass is 35.5. The summed E-state index contributed by atoms with van der Waals surface area (Å²) in [5.41, 5.74) is 1.02. The second-order valence-electron chi connectivity index (χ2n) is 6.54. The minimum atomic E-state index is -0.891. The Labute approximate surface area is 180 Å². The molecule has 9 heteroatoms. The van der Waals surface area contributed by atoms with Crippen molar-refractivity contribution in [3.05, 3.63) is 70.0 Å². The van der Waals surface area contributed by atoms with Gasteiger partial charge in [0.05, 0.1) is 18.2 Å². The van der Waals surface area contributed by atoms with Gasteiger partial charge in [-0.1, -0.05) is 47.1 Å². The van der Waals surface area contributed by atoms with Crippen LogP contribution in [-0.2, 0) is 4.79 Å². The number of anilines is 1. The number of hydrogen-bond acceptors (Lipinski definition) is 6. The molecule has 0 saturated carbocycles. The fourth-order valence-electron chi connectivity index (χ4n) is 2.99. The number of aromatic nitrogens is 3. The summed E-state index contributed by atoms with van der Waals surface area (Å²) >= 11 is 7.40. The minimum absolute atomic E-state index is 0.376. The molecule has 1 amide bonds. The van der Waals surface area contributed by atoms with Gasteiger partial charge in [0.1, 0.15) is 11.8 Å². The van der Waals surface area contributed by atoms with E-state index in [4.69, 9.17) is 16.3 Å². The molecule has 2 heterocycles. The fraction of sp³-hybridized carbons (Fsp3) is 0.143. The second kappa shape index (κ2) is 8.25. The summed E-state index contributed by atoms with van der Waals surface area (Å²) in [6, 6.07) is 15.5. The smallest absolute Gasteiger partial charge is 0.279 e. The first-order valence-electron chi connectivity index (χ1n) is 9.07. The Morgan fingerprint density at radius 2 is 1.97 bits per heavy atom. The van der Waals surface area contributed by atoms with Gasteiger partial charge in [-0.25, -0.2) is 0 Å². The number of methoxy groups -OCH3 is 1. The number of benzene rings is 2. The minimum Gasteiger partial charge on any atom is -0.495 e. The van der Waals surface area contributed by atoms with Crippen molar-refractivity contribution in [2.75, 3.05) is 12.4 Å². The number of amides is 1. The Morgan fingerprint density at radius 1 is 1.20 bits per heavy atom. The van der Waals surface area contributed by atoms with Crippen LogP contribution in [-0.4, -0.2) is 28.0 Å². The molecule has 1 atom stereocenters. The van der Waals surface area contributed by atoms with Crippen LogP contribution < -0.4 is 15.6 Å². The zero-order valence-corrected chi connectivity index (χ0v) is 17.7. The molecule has 0 saturated heterocycles. The predicted molar refractivity (Wildman–Crippen MR) is 118 cm³/mol. The van der Waals surface area contributed by atoms with E-state index in [1.54, 1.807) is 31.2 Å². The van der Waals surface area contributed by atoms with Gasteiger partial charge in [-0.2, -0.15) is 4.68 Å². The Kier molecular flexibility index (Phi) is 5.52. The van der Waals surface area contributed by atoms with Crippen molar-refractivity contribution in [2.24, 2.45) is 0 Å². The molecule has 1 N–H and O–H groups in total. The van der Waals surface area contributed by atoms with E-state index in [9.17, 15) is 9.59 Å². The molecule has 2 aromatic carbocycles. The summed E-state index contributed by atoms with van der Waals surface area (Å²) in [7, 11) is 1.49. The molecule has 0 aliphatic heterocycles. The monoisotopic (exact) mass is 440 g/mol. The lowest BCUT2D eigenvalue weighted by Gasteiger charge is -2.15. The normalized spacial score (nSPS) is 12.0. The number of carbonyl (C=O) groups is 1. The molecule has 152 valence electrons. The number of thiophene rings is 1. The highest BCUT2D eigenvalue weighted by Crippen LogP contribution is 2.31. The lowest BCUT2D eigenvalue weighted by molar-refractivity contribution is -0.119. The van der Waals surface area contributed by atoms with Crippen molar-refractivity contribution in [3.8, 4) is 16.2 Å². The van der Waals surface area contributed by atoms with E-state index in [2.05, 4.69) is 15.6 Å². The van der Waals surface area contributed by atoms with Crippen molar-refractivity contribution in [1.82, 2.24) is 15.0 Å². The van der Waals surface area contributed by atoms with Gasteiger partial charge in [0.15, 0.2) is 4.83 Å². The number of rotatable bonds is 5. The SMILES string of the molecule is COc1ccc(Cl)cc1NC(=O)[C@H](C)n1nnc2sc(-c3ccccc3)cc2c1=O. The molecule has 0 unspecified atom stereocenters. The van der Waals surface area contributed by atoms with E-state index in [0.717, 1.165) is 15.1 Å². The first-order valence-corrected chi connectivity index (χ1v) is 10.3. The quantitative estimate of drug-likeness (QED) is 0.497. The van der Waals surface area contributed by atoms with Gasteiger partial charge in [-0.15, -0.1) is 16.4 Å². The van der Waals surface area contributed by atoms with Gasteiger partial charge in [-0.3, -0.25) is 9.59 Å². The fourth-order valence-corrected chi connectivity index (χ4v) is 4.13. The molecular weight excluding hydrogens is 424 g/mol. The molecular formula is C21H17ClN4O3S. The zero-order chi connectivity index (χ0) is 21.3. The molecule has 4 rings (SSSR count). The van der Waals surface area contributed by atoms with Crippen LogP contribution in [0.1, 0.15) is 13.0 Å². The third kappa shape index (κ3) is 3.79. The Hall–Kier alpha value is -3.23. The molecule has 0 fully saturated rings. The maximum Gasteiger partial charge on any atom is 0.279 e. The largest absolute Gasteiger partial charge is 0.495 e. The molecule has 30 heavy (non-hydrogen) atoms. The number of halogens is 1. The van der Waals surface area contributed by atoms with E-state index in [0.29, 0.717) is 26.7 Å². The van der Waals surface area contributed by atoms with Gasteiger partial charge >= 0.3 is 0 Å². The van der Waals surface area contributed by atoms with E-state index < -0.39 is 11.9 Å². The van der Waals surface area contributed by atoms with Crippen LogP contribution in [0.4, 0.5) is 5.69 Å². The molecule has 0 radical (unpaired) electrons. The number of nitrogens with one attached hydrogen (secondary N) is 1. The van der Waals surface area contributed by atoms with Crippen LogP contribution in [0.15, 0.2) is 59.4 Å². The molecule has 4 aromatic rings. The molecule has 0 spiro atoms. The first-order chi connectivity index (χ1) is 14.5. The Morgan fingerprint density at radius 3 is 2.70 bits per heavy atom.